The lowest BCUT2D eigenvalue weighted by Gasteiger charge is -2.29. The summed E-state index contributed by atoms with van der Waals surface area (Å²) in [5.74, 6) is 0.273. The first-order chi connectivity index (χ1) is 13.7. The van der Waals surface area contributed by atoms with Gasteiger partial charge in [0.05, 0.1) is 18.1 Å². The maximum Gasteiger partial charge on any atom is 0.254 e. The number of rotatable bonds is 7. The Morgan fingerprint density at radius 1 is 1.17 bits per heavy atom. The molecular weight excluding hydrogens is 393 g/mol. The molecule has 0 spiro atoms. The lowest BCUT2D eigenvalue weighted by Crippen LogP contribution is -2.40. The summed E-state index contributed by atoms with van der Waals surface area (Å²) in [5, 5.41) is 0. The van der Waals surface area contributed by atoms with Crippen molar-refractivity contribution in [2.24, 2.45) is 5.92 Å². The van der Waals surface area contributed by atoms with Crippen molar-refractivity contribution in [1.29, 1.82) is 0 Å². The molecule has 1 aliphatic rings. The third-order valence-electron chi connectivity index (χ3n) is 4.89. The van der Waals surface area contributed by atoms with Crippen LogP contribution in [0.15, 0.2) is 48.5 Å². The highest BCUT2D eigenvalue weighted by Crippen LogP contribution is 2.24. The number of carbonyl (C=O) groups excluding carboxylic acids is 1. The third kappa shape index (κ3) is 5.56. The minimum Gasteiger partial charge on any atom is -0.493 e. The van der Waals surface area contributed by atoms with E-state index >= 15 is 0 Å². The first kappa shape index (κ1) is 21.3. The van der Waals surface area contributed by atoms with Gasteiger partial charge in [-0.15, -0.1) is 0 Å². The van der Waals surface area contributed by atoms with Crippen LogP contribution in [0.4, 0.5) is 4.39 Å². The number of ether oxygens (including phenoxy) is 1. The Labute approximate surface area is 171 Å². The van der Waals surface area contributed by atoms with E-state index in [0.29, 0.717) is 35.8 Å². The van der Waals surface area contributed by atoms with Gasteiger partial charge in [-0.05, 0) is 42.7 Å². The van der Waals surface area contributed by atoms with Gasteiger partial charge in [-0.25, -0.2) is 12.8 Å². The van der Waals surface area contributed by atoms with Crippen LogP contribution in [0.1, 0.15) is 36.2 Å². The summed E-state index contributed by atoms with van der Waals surface area (Å²) >= 11 is 0. The van der Waals surface area contributed by atoms with Crippen molar-refractivity contribution in [3.05, 3.63) is 65.5 Å². The van der Waals surface area contributed by atoms with E-state index in [0.717, 1.165) is 0 Å². The minimum atomic E-state index is -3.19. The summed E-state index contributed by atoms with van der Waals surface area (Å²) in [6.45, 7) is 4.70. The second-order valence-corrected chi connectivity index (χ2v) is 10.0. The molecule has 1 aliphatic heterocycles. The largest absolute Gasteiger partial charge is 0.493 e. The molecule has 0 aromatic heterocycles. The van der Waals surface area contributed by atoms with Crippen LogP contribution >= 0.6 is 0 Å². The Morgan fingerprint density at radius 3 is 2.45 bits per heavy atom. The molecule has 3 rings (SSSR count). The number of sulfone groups is 1. The average Bonchev–Trinajstić information content (AvgIpc) is 3.05. The number of hydrogen-bond acceptors (Lipinski definition) is 4. The zero-order valence-corrected chi connectivity index (χ0v) is 17.5. The van der Waals surface area contributed by atoms with Crippen molar-refractivity contribution in [2.45, 2.75) is 32.9 Å². The molecule has 0 unspecified atom stereocenters. The molecule has 1 heterocycles. The molecule has 1 atom stereocenters. The SMILES string of the molecule is CC(C)COc1ccc(C(=O)N(Cc2ccccc2F)[C@H]2CCS(=O)(=O)C2)cc1. The quantitative estimate of drug-likeness (QED) is 0.687. The van der Waals surface area contributed by atoms with Crippen LogP contribution in [0.5, 0.6) is 5.75 Å². The van der Waals surface area contributed by atoms with Crippen molar-refractivity contribution in [2.75, 3.05) is 18.1 Å². The number of halogens is 1. The lowest BCUT2D eigenvalue weighted by atomic mass is 10.1. The summed E-state index contributed by atoms with van der Waals surface area (Å²) in [4.78, 5) is 14.7. The fraction of sp³-hybridized carbons (Fsp3) is 0.409. The summed E-state index contributed by atoms with van der Waals surface area (Å²) < 4.78 is 43.8. The molecule has 29 heavy (non-hydrogen) atoms. The Bertz CT molecular complexity index is 957. The molecule has 156 valence electrons. The minimum absolute atomic E-state index is 0.0251. The topological polar surface area (TPSA) is 63.7 Å². The van der Waals surface area contributed by atoms with E-state index in [1.54, 1.807) is 42.5 Å². The Kier molecular flexibility index (Phi) is 6.57. The summed E-state index contributed by atoms with van der Waals surface area (Å²) in [6.07, 6.45) is 0.359. The van der Waals surface area contributed by atoms with Gasteiger partial charge < -0.3 is 9.64 Å². The van der Waals surface area contributed by atoms with Gasteiger partial charge in [-0.1, -0.05) is 32.0 Å². The predicted molar refractivity (Wildman–Crippen MR) is 110 cm³/mol. The molecule has 7 heteroatoms. The predicted octanol–water partition coefficient (Wildman–Crippen LogP) is 3.69. The van der Waals surface area contributed by atoms with Gasteiger partial charge in [-0.3, -0.25) is 4.79 Å². The summed E-state index contributed by atoms with van der Waals surface area (Å²) in [6, 6.07) is 12.5. The summed E-state index contributed by atoms with van der Waals surface area (Å²) in [5.41, 5.74) is 0.782. The lowest BCUT2D eigenvalue weighted by molar-refractivity contribution is 0.0679. The molecule has 0 N–H and O–H groups in total. The fourth-order valence-electron chi connectivity index (χ4n) is 3.32. The van der Waals surface area contributed by atoms with E-state index in [9.17, 15) is 17.6 Å². The van der Waals surface area contributed by atoms with Crippen LogP contribution in [-0.2, 0) is 16.4 Å². The van der Waals surface area contributed by atoms with E-state index in [-0.39, 0.29) is 24.0 Å². The van der Waals surface area contributed by atoms with Crippen molar-refractivity contribution < 1.29 is 22.3 Å². The highest BCUT2D eigenvalue weighted by Gasteiger charge is 2.35. The first-order valence-corrected chi connectivity index (χ1v) is 11.5. The monoisotopic (exact) mass is 419 g/mol. The number of hydrogen-bond donors (Lipinski definition) is 0. The van der Waals surface area contributed by atoms with Gasteiger partial charge in [0.2, 0.25) is 0 Å². The zero-order valence-electron chi connectivity index (χ0n) is 16.7. The van der Waals surface area contributed by atoms with Gasteiger partial charge in [-0.2, -0.15) is 0 Å². The zero-order chi connectivity index (χ0) is 21.0. The average molecular weight is 420 g/mol. The first-order valence-electron chi connectivity index (χ1n) is 9.73. The molecular formula is C22H26FNO4S. The van der Waals surface area contributed by atoms with Crippen LogP contribution in [0, 0.1) is 11.7 Å². The Balaban J connectivity index is 1.83. The van der Waals surface area contributed by atoms with Crippen LogP contribution in [0.25, 0.3) is 0 Å². The van der Waals surface area contributed by atoms with E-state index in [1.165, 1.54) is 11.0 Å². The van der Waals surface area contributed by atoms with E-state index in [1.807, 2.05) is 13.8 Å². The van der Waals surface area contributed by atoms with Gasteiger partial charge in [0.1, 0.15) is 11.6 Å². The van der Waals surface area contributed by atoms with E-state index < -0.39 is 21.7 Å². The molecule has 0 radical (unpaired) electrons. The highest BCUT2D eigenvalue weighted by molar-refractivity contribution is 7.91. The van der Waals surface area contributed by atoms with Crippen LogP contribution in [0.3, 0.4) is 0 Å². The van der Waals surface area contributed by atoms with Gasteiger partial charge >= 0.3 is 0 Å². The molecule has 1 saturated heterocycles. The number of amides is 1. The third-order valence-corrected chi connectivity index (χ3v) is 6.64. The van der Waals surface area contributed by atoms with Crippen molar-refractivity contribution in [3.8, 4) is 5.75 Å². The molecule has 0 bridgehead atoms. The second kappa shape index (κ2) is 8.95. The molecule has 0 saturated carbocycles. The second-order valence-electron chi connectivity index (χ2n) is 7.81. The normalized spacial score (nSPS) is 18.0. The number of benzene rings is 2. The Hall–Kier alpha value is -2.41. The smallest absolute Gasteiger partial charge is 0.254 e. The number of nitrogens with zero attached hydrogens (tertiary/aromatic N) is 1. The molecule has 0 aliphatic carbocycles. The summed E-state index contributed by atoms with van der Waals surface area (Å²) in [7, 11) is -3.19. The van der Waals surface area contributed by atoms with Crippen LogP contribution < -0.4 is 4.74 Å². The maximum absolute atomic E-state index is 14.2. The van der Waals surface area contributed by atoms with Crippen molar-refractivity contribution in [1.82, 2.24) is 4.90 Å². The molecule has 2 aromatic carbocycles. The molecule has 1 amide bonds. The maximum atomic E-state index is 14.2. The molecule has 2 aromatic rings. The number of carbonyl (C=O) groups is 1. The van der Waals surface area contributed by atoms with E-state index in [4.69, 9.17) is 4.74 Å². The highest BCUT2D eigenvalue weighted by atomic mass is 32.2. The molecule has 5 nitrogen and oxygen atoms in total. The Morgan fingerprint density at radius 2 is 1.86 bits per heavy atom. The van der Waals surface area contributed by atoms with Gasteiger partial charge in [0.25, 0.3) is 5.91 Å². The van der Waals surface area contributed by atoms with Crippen LogP contribution in [0.2, 0.25) is 0 Å². The van der Waals surface area contributed by atoms with E-state index in [2.05, 4.69) is 0 Å². The fourth-order valence-corrected chi connectivity index (χ4v) is 5.05. The standard InChI is InChI=1S/C22H26FNO4S/c1-16(2)14-28-20-9-7-17(8-10-20)22(25)24(19-11-12-29(26,27)15-19)13-18-5-3-4-6-21(18)23/h3-10,16,19H,11-15H2,1-2H3/t19-/m0/s1. The van der Waals surface area contributed by atoms with Crippen molar-refractivity contribution in [3.63, 3.8) is 0 Å². The van der Waals surface area contributed by atoms with Gasteiger partial charge in [0.15, 0.2) is 9.84 Å². The van der Waals surface area contributed by atoms with Crippen LogP contribution in [-0.4, -0.2) is 43.4 Å². The van der Waals surface area contributed by atoms with Gasteiger partial charge in [0, 0.05) is 23.7 Å². The molecule has 1 fully saturated rings. The van der Waals surface area contributed by atoms with Crippen molar-refractivity contribution >= 4 is 15.7 Å².